The number of allylic oxidation sites excluding steroid dienone is 2. The van der Waals surface area contributed by atoms with Crippen LogP contribution in [0.4, 0.5) is 18.9 Å². The Morgan fingerprint density at radius 2 is 0.980 bits per heavy atom. The first-order chi connectivity index (χ1) is 23.5. The number of hydrogen-bond donors (Lipinski definition) is 0. The molecule has 2 aliphatic carbocycles. The number of carbonyl (C=O) groups excluding carboxylic acids is 3. The van der Waals surface area contributed by atoms with E-state index in [1.807, 2.05) is 60.7 Å². The number of alkyl halides is 3. The number of ketones is 1. The van der Waals surface area contributed by atoms with E-state index in [9.17, 15) is 22.8 Å². The van der Waals surface area contributed by atoms with Crippen LogP contribution in [0.15, 0.2) is 133 Å². The van der Waals surface area contributed by atoms with Crippen LogP contribution in [0.25, 0.3) is 11.1 Å². The van der Waals surface area contributed by atoms with Gasteiger partial charge >= 0.3 is 6.18 Å². The summed E-state index contributed by atoms with van der Waals surface area (Å²) in [7, 11) is 0. The molecular weight excluding hydrogens is 670 g/mol. The molecule has 2 fully saturated rings. The third kappa shape index (κ3) is 4.22. The lowest BCUT2D eigenvalue weighted by molar-refractivity contribution is -0.137. The largest absolute Gasteiger partial charge is 0.416 e. The van der Waals surface area contributed by atoms with Gasteiger partial charge in [-0.3, -0.25) is 14.4 Å². The normalized spacial score (nSPS) is 24.6. The minimum Gasteiger partial charge on any atom is -0.297 e. The van der Waals surface area contributed by atoms with Crippen molar-refractivity contribution in [1.29, 1.82) is 0 Å². The van der Waals surface area contributed by atoms with Gasteiger partial charge in [0.2, 0.25) is 11.8 Å². The molecule has 49 heavy (non-hydrogen) atoms. The van der Waals surface area contributed by atoms with Crippen molar-refractivity contribution in [2.24, 2.45) is 11.8 Å². The summed E-state index contributed by atoms with van der Waals surface area (Å²) in [5, 5.41) is 0.800. The fourth-order valence-electron chi connectivity index (χ4n) is 8.43. The summed E-state index contributed by atoms with van der Waals surface area (Å²) in [4.78, 5) is 46.7. The minimum absolute atomic E-state index is 0.217. The summed E-state index contributed by atoms with van der Waals surface area (Å²) >= 11 is 12.7. The van der Waals surface area contributed by atoms with Crippen molar-refractivity contribution in [3.05, 3.63) is 171 Å². The third-order valence-corrected chi connectivity index (χ3v) is 10.7. The average Bonchev–Trinajstić information content (AvgIpc) is 3.61. The molecule has 4 atom stereocenters. The number of halogens is 5. The van der Waals surface area contributed by atoms with E-state index in [2.05, 4.69) is 0 Å². The van der Waals surface area contributed by atoms with Crippen LogP contribution in [0, 0.1) is 11.8 Å². The van der Waals surface area contributed by atoms with Crippen molar-refractivity contribution in [2.45, 2.75) is 17.0 Å². The number of amides is 2. The summed E-state index contributed by atoms with van der Waals surface area (Å²) in [5.74, 6) is -4.49. The third-order valence-electron chi connectivity index (χ3n) is 10.1. The Bertz CT molecular complexity index is 2080. The van der Waals surface area contributed by atoms with Gasteiger partial charge in [0.15, 0.2) is 5.78 Å². The molecule has 3 aliphatic rings. The first-order valence-electron chi connectivity index (χ1n) is 15.5. The van der Waals surface area contributed by atoms with Crippen LogP contribution in [0.2, 0.25) is 10.0 Å². The van der Waals surface area contributed by atoms with Crippen molar-refractivity contribution in [3.63, 3.8) is 0 Å². The molecule has 1 aliphatic heterocycles. The SMILES string of the molecule is O=C1[C@@H]2[C@H](C(=O)N1c1cccc(C(F)(F)F)c1)[C@]1(c3ccc(Cl)cc3)C(=O)[C@]2(c2ccc(Cl)cc2)C(c2ccccc2)=C1c1ccccc1. The number of nitrogens with zero attached hydrogens (tertiary/aromatic N) is 1. The van der Waals surface area contributed by atoms with Gasteiger partial charge in [-0.2, -0.15) is 13.2 Å². The number of Topliss-reactive ketones (excluding diaryl/α,β-unsaturated/α-hetero) is 1. The molecule has 0 radical (unpaired) electrons. The first-order valence-corrected chi connectivity index (χ1v) is 16.3. The maximum Gasteiger partial charge on any atom is 0.416 e. The topological polar surface area (TPSA) is 54.5 Å². The zero-order valence-electron chi connectivity index (χ0n) is 25.4. The molecule has 0 unspecified atom stereocenters. The van der Waals surface area contributed by atoms with Gasteiger partial charge in [0.1, 0.15) is 0 Å². The van der Waals surface area contributed by atoms with Gasteiger partial charge in [-0.05, 0) is 75.9 Å². The Hall–Kier alpha value is -4.98. The van der Waals surface area contributed by atoms with Crippen LogP contribution < -0.4 is 4.90 Å². The molecule has 4 nitrogen and oxygen atoms in total. The van der Waals surface area contributed by atoms with Gasteiger partial charge in [0.05, 0.1) is 33.9 Å². The Labute approximate surface area is 289 Å². The van der Waals surface area contributed by atoms with Crippen LogP contribution in [0.3, 0.4) is 0 Å². The van der Waals surface area contributed by atoms with Crippen LogP contribution in [-0.2, 0) is 31.4 Å². The monoisotopic (exact) mass is 693 g/mol. The molecule has 2 amide bonds. The summed E-state index contributed by atoms with van der Waals surface area (Å²) in [6.45, 7) is 0. The van der Waals surface area contributed by atoms with E-state index in [4.69, 9.17) is 23.2 Å². The highest BCUT2D eigenvalue weighted by molar-refractivity contribution is 6.39. The lowest BCUT2D eigenvalue weighted by Gasteiger charge is -2.39. The van der Waals surface area contributed by atoms with E-state index >= 15 is 4.79 Å². The lowest BCUT2D eigenvalue weighted by atomic mass is 9.59. The summed E-state index contributed by atoms with van der Waals surface area (Å²) in [6.07, 6.45) is -4.72. The quantitative estimate of drug-likeness (QED) is 0.173. The smallest absolute Gasteiger partial charge is 0.297 e. The van der Waals surface area contributed by atoms with Gasteiger partial charge in [0, 0.05) is 10.0 Å². The zero-order chi connectivity index (χ0) is 34.3. The fourth-order valence-corrected chi connectivity index (χ4v) is 8.69. The van der Waals surface area contributed by atoms with Gasteiger partial charge in [-0.25, -0.2) is 4.90 Å². The van der Waals surface area contributed by atoms with Gasteiger partial charge in [-0.15, -0.1) is 0 Å². The molecule has 242 valence electrons. The molecule has 0 N–H and O–H groups in total. The Kier molecular flexibility index (Phi) is 7.04. The fraction of sp³-hybridized carbons (Fsp3) is 0.125. The highest BCUT2D eigenvalue weighted by Gasteiger charge is 2.82. The number of anilines is 1. The predicted molar refractivity (Wildman–Crippen MR) is 182 cm³/mol. The summed E-state index contributed by atoms with van der Waals surface area (Å²) < 4.78 is 41.7. The summed E-state index contributed by atoms with van der Waals surface area (Å²) in [5.41, 5.74) is -1.36. The standard InChI is InChI=1S/C40H24Cl2F3NO3/c41-28-18-14-25(15-19-28)38-31(23-8-3-1-4-9-23)32(24-10-5-2-6-11-24)39(37(38)49,26-16-20-29(42)21-17-26)34-33(38)35(47)46(36(34)48)30-13-7-12-27(22-30)40(43,44)45/h1-22,33-34H/t33-,34+,38-,39-/m1/s1. The molecule has 1 saturated carbocycles. The average molecular weight is 695 g/mol. The van der Waals surface area contributed by atoms with Crippen molar-refractivity contribution < 1.29 is 27.6 Å². The molecule has 0 spiro atoms. The number of rotatable bonds is 5. The highest BCUT2D eigenvalue weighted by atomic mass is 35.5. The summed E-state index contributed by atoms with van der Waals surface area (Å²) in [6, 6.07) is 35.9. The van der Waals surface area contributed by atoms with E-state index in [-0.39, 0.29) is 11.5 Å². The second-order valence-electron chi connectivity index (χ2n) is 12.5. The second-order valence-corrected chi connectivity index (χ2v) is 13.3. The van der Waals surface area contributed by atoms with E-state index < -0.39 is 46.2 Å². The van der Waals surface area contributed by atoms with Gasteiger partial charge in [0.25, 0.3) is 0 Å². The van der Waals surface area contributed by atoms with Crippen molar-refractivity contribution >= 4 is 57.6 Å². The molecule has 0 aromatic heterocycles. The minimum atomic E-state index is -4.72. The number of hydrogen-bond acceptors (Lipinski definition) is 3. The maximum absolute atomic E-state index is 15.9. The van der Waals surface area contributed by atoms with Crippen LogP contribution in [0.1, 0.15) is 27.8 Å². The van der Waals surface area contributed by atoms with Crippen LogP contribution >= 0.6 is 23.2 Å². The van der Waals surface area contributed by atoms with E-state index in [0.717, 1.165) is 17.0 Å². The molecular formula is C40H24Cl2F3NO3. The lowest BCUT2D eigenvalue weighted by Crippen LogP contribution is -2.45. The van der Waals surface area contributed by atoms with Gasteiger partial charge < -0.3 is 0 Å². The predicted octanol–water partition coefficient (Wildman–Crippen LogP) is 9.20. The molecule has 5 aromatic carbocycles. The highest BCUT2D eigenvalue weighted by Crippen LogP contribution is 2.74. The number of carbonyl (C=O) groups is 3. The number of imide groups is 1. The van der Waals surface area contributed by atoms with Crippen LogP contribution in [0.5, 0.6) is 0 Å². The Morgan fingerprint density at radius 1 is 0.551 bits per heavy atom. The van der Waals surface area contributed by atoms with E-state index in [1.54, 1.807) is 48.5 Å². The Balaban J connectivity index is 1.53. The Morgan fingerprint density at radius 3 is 1.39 bits per heavy atom. The van der Waals surface area contributed by atoms with Crippen molar-refractivity contribution in [1.82, 2.24) is 0 Å². The molecule has 9 heteroatoms. The molecule has 8 rings (SSSR count). The van der Waals surface area contributed by atoms with E-state index in [1.165, 1.54) is 12.1 Å². The maximum atomic E-state index is 15.9. The van der Waals surface area contributed by atoms with Crippen LogP contribution in [-0.4, -0.2) is 17.6 Å². The number of fused-ring (bicyclic) bond motifs is 5. The van der Waals surface area contributed by atoms with E-state index in [0.29, 0.717) is 43.4 Å². The molecule has 1 saturated heterocycles. The molecule has 2 bridgehead atoms. The van der Waals surface area contributed by atoms with Gasteiger partial charge in [-0.1, -0.05) is 114 Å². The number of benzene rings is 5. The van der Waals surface area contributed by atoms with Crippen molar-refractivity contribution in [3.8, 4) is 0 Å². The van der Waals surface area contributed by atoms with Crippen molar-refractivity contribution in [2.75, 3.05) is 4.90 Å². The first kappa shape index (κ1) is 31.3. The zero-order valence-corrected chi connectivity index (χ0v) is 26.9. The second kappa shape index (κ2) is 11.0. The molecule has 1 heterocycles. The molecule has 5 aromatic rings.